The van der Waals surface area contributed by atoms with E-state index in [0.29, 0.717) is 5.71 Å². The van der Waals surface area contributed by atoms with Gasteiger partial charge in [0.25, 0.3) is 5.91 Å². The van der Waals surface area contributed by atoms with E-state index in [9.17, 15) is 13.2 Å². The van der Waals surface area contributed by atoms with Gasteiger partial charge in [0.15, 0.2) is 9.84 Å². The molecule has 6 heteroatoms. The molecule has 0 bridgehead atoms. The van der Waals surface area contributed by atoms with Crippen molar-refractivity contribution >= 4 is 21.5 Å². The van der Waals surface area contributed by atoms with Crippen molar-refractivity contribution in [1.82, 2.24) is 5.43 Å². The van der Waals surface area contributed by atoms with Crippen LogP contribution in [0.25, 0.3) is 0 Å². The molecule has 0 unspecified atom stereocenters. The highest BCUT2D eigenvalue weighted by Crippen LogP contribution is 2.15. The van der Waals surface area contributed by atoms with Crippen LogP contribution in [0.5, 0.6) is 0 Å². The van der Waals surface area contributed by atoms with Gasteiger partial charge in [-0.3, -0.25) is 4.79 Å². The summed E-state index contributed by atoms with van der Waals surface area (Å²) in [5, 5.41) is 4.29. The van der Waals surface area contributed by atoms with Crippen molar-refractivity contribution < 1.29 is 13.2 Å². The molecule has 0 aliphatic rings. The van der Waals surface area contributed by atoms with E-state index in [4.69, 9.17) is 0 Å². The molecular weight excluding hydrogens is 360 g/mol. The molecule has 0 radical (unpaired) electrons. The van der Waals surface area contributed by atoms with E-state index >= 15 is 0 Å². The Morgan fingerprint density at radius 3 is 1.78 bits per heavy atom. The number of carbonyl (C=O) groups is 1. The summed E-state index contributed by atoms with van der Waals surface area (Å²) >= 11 is 0. The van der Waals surface area contributed by atoms with Crippen LogP contribution in [0.4, 0.5) is 0 Å². The minimum atomic E-state index is -3.53. The minimum Gasteiger partial charge on any atom is -0.267 e. The van der Waals surface area contributed by atoms with Gasteiger partial charge in [0.1, 0.15) is 0 Å². The summed E-state index contributed by atoms with van der Waals surface area (Å²) in [5.41, 5.74) is 4.80. The average Bonchev–Trinajstić information content (AvgIpc) is 2.69. The highest BCUT2D eigenvalue weighted by molar-refractivity contribution is 7.90. The van der Waals surface area contributed by atoms with Crippen LogP contribution in [-0.2, 0) is 9.84 Å². The topological polar surface area (TPSA) is 75.6 Å². The molecule has 1 amide bonds. The van der Waals surface area contributed by atoms with E-state index in [0.717, 1.165) is 17.4 Å². The van der Waals surface area contributed by atoms with Crippen LogP contribution in [0.2, 0.25) is 0 Å². The highest BCUT2D eigenvalue weighted by atomic mass is 32.2. The summed E-state index contributed by atoms with van der Waals surface area (Å²) in [6.45, 7) is 0. The van der Waals surface area contributed by atoms with Crippen LogP contribution in [0.15, 0.2) is 94.9 Å². The van der Waals surface area contributed by atoms with E-state index in [-0.39, 0.29) is 10.5 Å². The van der Waals surface area contributed by atoms with Gasteiger partial charge in [-0.25, -0.2) is 13.8 Å². The number of sulfone groups is 1. The first-order valence-electron chi connectivity index (χ1n) is 8.25. The van der Waals surface area contributed by atoms with Crippen LogP contribution in [-0.4, -0.2) is 26.3 Å². The normalized spacial score (nSPS) is 10.9. The molecular formula is C21H18N2O3S. The SMILES string of the molecule is CS(=O)(=O)c1ccccc1C(=O)NN=C(c1ccccc1)c1ccccc1. The molecule has 0 aliphatic heterocycles. The van der Waals surface area contributed by atoms with Crippen LogP contribution in [0.3, 0.4) is 0 Å². The maximum Gasteiger partial charge on any atom is 0.272 e. The van der Waals surface area contributed by atoms with Crippen LogP contribution < -0.4 is 5.43 Å². The van der Waals surface area contributed by atoms with E-state index < -0.39 is 15.7 Å². The third-order valence-electron chi connectivity index (χ3n) is 3.89. The average molecular weight is 378 g/mol. The molecule has 3 aromatic carbocycles. The molecule has 0 saturated carbocycles. The number of amides is 1. The third kappa shape index (κ3) is 4.48. The lowest BCUT2D eigenvalue weighted by Gasteiger charge is -2.09. The zero-order valence-electron chi connectivity index (χ0n) is 14.7. The summed E-state index contributed by atoms with van der Waals surface area (Å²) < 4.78 is 23.8. The first-order chi connectivity index (χ1) is 13.0. The van der Waals surface area contributed by atoms with E-state index in [1.807, 2.05) is 60.7 Å². The molecule has 0 aromatic heterocycles. The van der Waals surface area contributed by atoms with Gasteiger partial charge in [0.2, 0.25) is 0 Å². The van der Waals surface area contributed by atoms with E-state index in [1.54, 1.807) is 12.1 Å². The number of benzene rings is 3. The van der Waals surface area contributed by atoms with Crippen molar-refractivity contribution in [3.8, 4) is 0 Å². The Bertz CT molecular complexity index is 1040. The Labute approximate surface area is 158 Å². The fraction of sp³-hybridized carbons (Fsp3) is 0.0476. The zero-order valence-corrected chi connectivity index (χ0v) is 15.5. The maximum absolute atomic E-state index is 12.6. The maximum atomic E-state index is 12.6. The van der Waals surface area contributed by atoms with Gasteiger partial charge in [-0.15, -0.1) is 0 Å². The predicted octanol–water partition coefficient (Wildman–Crippen LogP) is 3.27. The van der Waals surface area contributed by atoms with Gasteiger partial charge in [0, 0.05) is 17.4 Å². The van der Waals surface area contributed by atoms with Crippen LogP contribution >= 0.6 is 0 Å². The number of nitrogens with one attached hydrogen (secondary N) is 1. The highest BCUT2D eigenvalue weighted by Gasteiger charge is 2.18. The van der Waals surface area contributed by atoms with Gasteiger partial charge in [-0.2, -0.15) is 5.10 Å². The molecule has 3 aromatic rings. The Morgan fingerprint density at radius 1 is 0.778 bits per heavy atom. The lowest BCUT2D eigenvalue weighted by Crippen LogP contribution is -2.22. The molecule has 0 saturated heterocycles. The van der Waals surface area contributed by atoms with Gasteiger partial charge < -0.3 is 0 Å². The quantitative estimate of drug-likeness (QED) is 0.547. The Balaban J connectivity index is 1.98. The molecule has 0 fully saturated rings. The summed E-state index contributed by atoms with van der Waals surface area (Å²) in [6, 6.07) is 25.0. The molecule has 3 rings (SSSR count). The van der Waals surface area contributed by atoms with Crippen molar-refractivity contribution in [2.24, 2.45) is 5.10 Å². The fourth-order valence-electron chi connectivity index (χ4n) is 2.63. The molecule has 136 valence electrons. The molecule has 0 atom stereocenters. The number of rotatable bonds is 5. The Morgan fingerprint density at radius 2 is 1.26 bits per heavy atom. The molecule has 5 nitrogen and oxygen atoms in total. The lowest BCUT2D eigenvalue weighted by atomic mass is 10.0. The van der Waals surface area contributed by atoms with Gasteiger partial charge in [-0.05, 0) is 12.1 Å². The summed E-state index contributed by atoms with van der Waals surface area (Å²) in [5.74, 6) is -0.583. The first kappa shape index (κ1) is 18.5. The smallest absolute Gasteiger partial charge is 0.267 e. The van der Waals surface area contributed by atoms with Gasteiger partial charge in [0.05, 0.1) is 16.2 Å². The summed E-state index contributed by atoms with van der Waals surface area (Å²) in [4.78, 5) is 12.6. The summed E-state index contributed by atoms with van der Waals surface area (Å²) in [6.07, 6.45) is 1.07. The zero-order chi connectivity index (χ0) is 19.3. The molecule has 1 N–H and O–H groups in total. The first-order valence-corrected chi connectivity index (χ1v) is 10.1. The second-order valence-corrected chi connectivity index (χ2v) is 7.89. The van der Waals surface area contributed by atoms with Crippen molar-refractivity contribution in [2.75, 3.05) is 6.26 Å². The Kier molecular flexibility index (Phi) is 5.47. The van der Waals surface area contributed by atoms with Gasteiger partial charge >= 0.3 is 0 Å². The minimum absolute atomic E-state index is 0.0290. The number of nitrogens with zero attached hydrogens (tertiary/aromatic N) is 1. The predicted molar refractivity (Wildman–Crippen MR) is 106 cm³/mol. The van der Waals surface area contributed by atoms with Crippen LogP contribution in [0, 0.1) is 0 Å². The van der Waals surface area contributed by atoms with Crippen LogP contribution in [0.1, 0.15) is 21.5 Å². The second-order valence-electron chi connectivity index (χ2n) is 5.90. The molecule has 27 heavy (non-hydrogen) atoms. The fourth-order valence-corrected chi connectivity index (χ4v) is 3.52. The van der Waals surface area contributed by atoms with E-state index in [1.165, 1.54) is 12.1 Å². The van der Waals surface area contributed by atoms with Gasteiger partial charge in [-0.1, -0.05) is 72.8 Å². The Hall–Kier alpha value is -3.25. The lowest BCUT2D eigenvalue weighted by molar-refractivity contribution is 0.0951. The van der Waals surface area contributed by atoms with Crippen molar-refractivity contribution in [3.63, 3.8) is 0 Å². The number of hydrogen-bond donors (Lipinski definition) is 1. The molecule has 0 aliphatic carbocycles. The van der Waals surface area contributed by atoms with Crippen molar-refractivity contribution in [1.29, 1.82) is 0 Å². The standard InChI is InChI=1S/C21H18N2O3S/c1-27(25,26)19-15-9-8-14-18(19)21(24)23-22-20(16-10-4-2-5-11-16)17-12-6-3-7-13-17/h2-15H,1H3,(H,23,24). The van der Waals surface area contributed by atoms with Crippen molar-refractivity contribution in [2.45, 2.75) is 4.90 Å². The number of carbonyl (C=O) groups excluding carboxylic acids is 1. The third-order valence-corrected chi connectivity index (χ3v) is 5.05. The van der Waals surface area contributed by atoms with Crippen molar-refractivity contribution in [3.05, 3.63) is 102 Å². The second kappa shape index (κ2) is 7.97. The number of hydrogen-bond acceptors (Lipinski definition) is 4. The summed E-state index contributed by atoms with van der Waals surface area (Å²) in [7, 11) is -3.53. The number of hydrazone groups is 1. The molecule has 0 heterocycles. The monoisotopic (exact) mass is 378 g/mol. The molecule has 0 spiro atoms. The largest absolute Gasteiger partial charge is 0.272 e. The van der Waals surface area contributed by atoms with E-state index in [2.05, 4.69) is 10.5 Å².